The molecule has 4 heteroatoms. The highest BCUT2D eigenvalue weighted by Gasteiger charge is 2.28. The molecule has 1 aliphatic rings. The lowest BCUT2D eigenvalue weighted by Crippen LogP contribution is -2.39. The number of carbonyl (C=O) groups is 2. The number of rotatable bonds is 2. The second-order valence-corrected chi connectivity index (χ2v) is 5.04. The van der Waals surface area contributed by atoms with E-state index in [1.807, 2.05) is 13.8 Å². The zero-order valence-electron chi connectivity index (χ0n) is 10.8. The Labute approximate surface area is 106 Å². The third-order valence-electron chi connectivity index (χ3n) is 3.36. The fourth-order valence-corrected chi connectivity index (χ4v) is 2.09. The predicted octanol–water partition coefficient (Wildman–Crippen LogP) is 1.53. The van der Waals surface area contributed by atoms with E-state index in [4.69, 9.17) is 0 Å². The summed E-state index contributed by atoms with van der Waals surface area (Å²) in [6, 6.07) is 5.25. The topological polar surface area (TPSA) is 57.6 Å². The molecule has 1 N–H and O–H groups in total. The van der Waals surface area contributed by atoms with Crippen LogP contribution >= 0.6 is 0 Å². The summed E-state index contributed by atoms with van der Waals surface area (Å²) in [5.74, 6) is -0.398. The maximum Gasteiger partial charge on any atom is 0.260 e. The Kier molecular flexibility index (Phi) is 3.22. The van der Waals surface area contributed by atoms with Crippen LogP contribution in [-0.4, -0.2) is 28.9 Å². The molecule has 0 spiro atoms. The Balaban J connectivity index is 2.44. The van der Waals surface area contributed by atoms with Crippen LogP contribution in [-0.2, 0) is 11.2 Å². The Bertz CT molecular complexity index is 508. The van der Waals surface area contributed by atoms with Crippen molar-refractivity contribution < 1.29 is 14.7 Å². The Morgan fingerprint density at radius 2 is 1.94 bits per heavy atom. The van der Waals surface area contributed by atoms with Gasteiger partial charge in [-0.15, -0.1) is 0 Å². The molecule has 0 bridgehead atoms. The number of benzene rings is 1. The van der Waals surface area contributed by atoms with Gasteiger partial charge in [0.1, 0.15) is 0 Å². The van der Waals surface area contributed by atoms with Gasteiger partial charge in [0.25, 0.3) is 5.91 Å². The molecule has 1 atom stereocenters. The lowest BCUT2D eigenvalue weighted by molar-refractivity contribution is -0.127. The van der Waals surface area contributed by atoms with Gasteiger partial charge >= 0.3 is 0 Å². The molecular formula is C14H17NO3. The van der Waals surface area contributed by atoms with Gasteiger partial charge in [-0.2, -0.15) is 0 Å². The van der Waals surface area contributed by atoms with Gasteiger partial charge < -0.3 is 5.11 Å². The van der Waals surface area contributed by atoms with Gasteiger partial charge in [0.05, 0.1) is 12.5 Å². The normalized spacial score (nSPS) is 17.1. The van der Waals surface area contributed by atoms with Crippen molar-refractivity contribution in [2.75, 3.05) is 7.05 Å². The van der Waals surface area contributed by atoms with Crippen LogP contribution in [0.4, 0.5) is 0 Å². The number of hydrogen-bond acceptors (Lipinski definition) is 3. The van der Waals surface area contributed by atoms with Crippen molar-refractivity contribution >= 4 is 11.8 Å². The zero-order valence-corrected chi connectivity index (χ0v) is 10.8. The molecule has 96 valence electrons. The Morgan fingerprint density at radius 1 is 1.28 bits per heavy atom. The van der Waals surface area contributed by atoms with Gasteiger partial charge in [0, 0.05) is 12.6 Å². The molecular weight excluding hydrogens is 230 g/mol. The first-order valence-electron chi connectivity index (χ1n) is 6.03. The van der Waals surface area contributed by atoms with E-state index >= 15 is 0 Å². The number of imide groups is 1. The molecule has 1 aliphatic heterocycles. The van der Waals surface area contributed by atoms with Crippen molar-refractivity contribution in [3.8, 4) is 0 Å². The van der Waals surface area contributed by atoms with E-state index in [1.165, 1.54) is 7.05 Å². The van der Waals surface area contributed by atoms with E-state index in [0.29, 0.717) is 5.56 Å². The number of aliphatic hydroxyl groups is 1. The van der Waals surface area contributed by atoms with Crippen LogP contribution in [0.3, 0.4) is 0 Å². The van der Waals surface area contributed by atoms with Gasteiger partial charge in [0.2, 0.25) is 5.91 Å². The van der Waals surface area contributed by atoms with Gasteiger partial charge in [-0.1, -0.05) is 26.0 Å². The van der Waals surface area contributed by atoms with Crippen molar-refractivity contribution in [2.24, 2.45) is 5.92 Å². The van der Waals surface area contributed by atoms with E-state index in [1.54, 1.807) is 18.2 Å². The van der Waals surface area contributed by atoms with Crippen molar-refractivity contribution in [3.05, 3.63) is 34.9 Å². The molecule has 0 radical (unpaired) electrons. The Morgan fingerprint density at radius 3 is 2.56 bits per heavy atom. The molecule has 1 aromatic rings. The molecule has 0 aliphatic carbocycles. The molecule has 0 aromatic heterocycles. The SMILES string of the molecule is CC(C)C(O)c1ccc2c(c1)C(=O)N(C)C(=O)C2. The van der Waals surface area contributed by atoms with E-state index in [0.717, 1.165) is 16.0 Å². The number of likely N-dealkylation sites (N-methyl/N-ethyl adjacent to an activating group) is 1. The average molecular weight is 247 g/mol. The molecule has 4 nitrogen and oxygen atoms in total. The van der Waals surface area contributed by atoms with Gasteiger partial charge in [-0.3, -0.25) is 14.5 Å². The molecule has 1 unspecified atom stereocenters. The lowest BCUT2D eigenvalue weighted by Gasteiger charge is -2.24. The number of hydrogen-bond donors (Lipinski definition) is 1. The van der Waals surface area contributed by atoms with Crippen LogP contribution in [0.25, 0.3) is 0 Å². The monoisotopic (exact) mass is 247 g/mol. The minimum absolute atomic E-state index is 0.0844. The molecule has 0 fully saturated rings. The molecule has 2 rings (SSSR count). The maximum atomic E-state index is 12.0. The highest BCUT2D eigenvalue weighted by atomic mass is 16.3. The van der Waals surface area contributed by atoms with E-state index in [-0.39, 0.29) is 24.2 Å². The molecule has 0 saturated carbocycles. The quantitative estimate of drug-likeness (QED) is 0.806. The zero-order chi connectivity index (χ0) is 13.4. The van der Waals surface area contributed by atoms with E-state index in [2.05, 4.69) is 0 Å². The fraction of sp³-hybridized carbons (Fsp3) is 0.429. The van der Waals surface area contributed by atoms with Crippen LogP contribution in [0.1, 0.15) is 41.4 Å². The number of fused-ring (bicyclic) bond motifs is 1. The lowest BCUT2D eigenvalue weighted by atomic mass is 9.92. The van der Waals surface area contributed by atoms with Crippen LogP contribution in [0.2, 0.25) is 0 Å². The first kappa shape index (κ1) is 12.8. The molecule has 0 saturated heterocycles. The smallest absolute Gasteiger partial charge is 0.260 e. The van der Waals surface area contributed by atoms with Crippen molar-refractivity contribution in [1.29, 1.82) is 0 Å². The number of nitrogens with zero attached hydrogens (tertiary/aromatic N) is 1. The largest absolute Gasteiger partial charge is 0.388 e. The van der Waals surface area contributed by atoms with Crippen LogP contribution in [0.5, 0.6) is 0 Å². The fourth-order valence-electron chi connectivity index (χ4n) is 2.09. The summed E-state index contributed by atoms with van der Waals surface area (Å²) in [5.41, 5.74) is 1.98. The third-order valence-corrected chi connectivity index (χ3v) is 3.36. The van der Waals surface area contributed by atoms with Crippen molar-refractivity contribution in [3.63, 3.8) is 0 Å². The molecule has 1 heterocycles. The van der Waals surface area contributed by atoms with Gasteiger partial charge in [0.15, 0.2) is 0 Å². The molecule has 18 heavy (non-hydrogen) atoms. The van der Waals surface area contributed by atoms with E-state index < -0.39 is 6.10 Å². The minimum atomic E-state index is -0.592. The average Bonchev–Trinajstić information content (AvgIpc) is 2.35. The second kappa shape index (κ2) is 4.53. The minimum Gasteiger partial charge on any atom is -0.388 e. The first-order valence-corrected chi connectivity index (χ1v) is 6.03. The summed E-state index contributed by atoms with van der Waals surface area (Å²) < 4.78 is 0. The summed E-state index contributed by atoms with van der Waals surface area (Å²) >= 11 is 0. The first-order chi connectivity index (χ1) is 8.41. The Hall–Kier alpha value is -1.68. The van der Waals surface area contributed by atoms with Crippen LogP contribution in [0, 0.1) is 5.92 Å². The van der Waals surface area contributed by atoms with E-state index in [9.17, 15) is 14.7 Å². The standard InChI is InChI=1S/C14H17NO3/c1-8(2)13(17)10-5-4-9-7-12(16)15(3)14(18)11(9)6-10/h4-6,8,13,17H,7H2,1-3H3. The van der Waals surface area contributed by atoms with Crippen LogP contribution in [0.15, 0.2) is 18.2 Å². The molecule has 1 aromatic carbocycles. The number of amides is 2. The molecule has 2 amide bonds. The number of carbonyl (C=O) groups excluding carboxylic acids is 2. The third kappa shape index (κ3) is 2.04. The van der Waals surface area contributed by atoms with Gasteiger partial charge in [-0.05, 0) is 23.1 Å². The summed E-state index contributed by atoms with van der Waals surface area (Å²) in [6.07, 6.45) is -0.346. The highest BCUT2D eigenvalue weighted by molar-refractivity contribution is 6.09. The summed E-state index contributed by atoms with van der Waals surface area (Å²) in [4.78, 5) is 24.7. The van der Waals surface area contributed by atoms with Gasteiger partial charge in [-0.25, -0.2) is 0 Å². The van der Waals surface area contributed by atoms with Crippen molar-refractivity contribution in [1.82, 2.24) is 4.90 Å². The summed E-state index contributed by atoms with van der Waals surface area (Å²) in [6.45, 7) is 3.84. The predicted molar refractivity (Wildman–Crippen MR) is 67.0 cm³/mol. The van der Waals surface area contributed by atoms with Crippen LogP contribution < -0.4 is 0 Å². The van der Waals surface area contributed by atoms with Crippen molar-refractivity contribution in [2.45, 2.75) is 26.4 Å². The maximum absolute atomic E-state index is 12.0. The second-order valence-electron chi connectivity index (χ2n) is 5.04. The summed E-state index contributed by atoms with van der Waals surface area (Å²) in [7, 11) is 1.49. The highest BCUT2D eigenvalue weighted by Crippen LogP contribution is 2.26. The summed E-state index contributed by atoms with van der Waals surface area (Å²) in [5, 5.41) is 10.0. The number of aliphatic hydroxyl groups excluding tert-OH is 1.